The van der Waals surface area contributed by atoms with Gasteiger partial charge in [0.15, 0.2) is 0 Å². The van der Waals surface area contributed by atoms with Crippen molar-refractivity contribution in [3.8, 4) is 0 Å². The molecule has 0 heterocycles. The van der Waals surface area contributed by atoms with Gasteiger partial charge in [0, 0.05) is 13.0 Å². The average molecular weight is 255 g/mol. The highest BCUT2D eigenvalue weighted by Gasteiger charge is 2.25. The number of rotatable bonds is 6. The maximum atomic E-state index is 11.7. The Morgan fingerprint density at radius 1 is 1.22 bits per heavy atom. The van der Waals surface area contributed by atoms with Crippen molar-refractivity contribution in [1.29, 1.82) is 0 Å². The molecule has 0 aromatic carbocycles. The van der Waals surface area contributed by atoms with Crippen molar-refractivity contribution in [2.24, 2.45) is 0 Å². The summed E-state index contributed by atoms with van der Waals surface area (Å²) in [6.45, 7) is 4.17. The number of nitrogens with zero attached hydrogens (tertiary/aromatic N) is 1. The molecule has 0 aromatic heterocycles. The Balaban J connectivity index is 2.41. The zero-order chi connectivity index (χ0) is 13.4. The molecule has 1 amide bonds. The first-order chi connectivity index (χ1) is 8.65. The number of carbonyl (C=O) groups excluding carboxylic acids is 2. The van der Waals surface area contributed by atoms with E-state index in [1.807, 2.05) is 0 Å². The number of hydrogen-bond acceptors (Lipinski definition) is 3. The van der Waals surface area contributed by atoms with Crippen LogP contribution in [0.3, 0.4) is 0 Å². The van der Waals surface area contributed by atoms with Crippen LogP contribution in [0.15, 0.2) is 0 Å². The van der Waals surface area contributed by atoms with Crippen molar-refractivity contribution in [2.45, 2.75) is 64.8 Å². The summed E-state index contributed by atoms with van der Waals surface area (Å²) in [5, 5.41) is 0. The Bertz CT molecular complexity index is 272. The van der Waals surface area contributed by atoms with Gasteiger partial charge >= 0.3 is 5.97 Å². The molecule has 4 heteroatoms. The molecule has 0 atom stereocenters. The van der Waals surface area contributed by atoms with Crippen LogP contribution in [0, 0.1) is 0 Å². The topological polar surface area (TPSA) is 46.6 Å². The van der Waals surface area contributed by atoms with Gasteiger partial charge in [0.25, 0.3) is 0 Å². The SMILES string of the molecule is CCCCOC(=O)CN(C(C)=O)C1CCCCC1. The van der Waals surface area contributed by atoms with E-state index < -0.39 is 0 Å². The molecule has 0 aliphatic heterocycles. The second kappa shape index (κ2) is 8.11. The maximum absolute atomic E-state index is 11.7. The van der Waals surface area contributed by atoms with Crippen LogP contribution in [0.5, 0.6) is 0 Å². The van der Waals surface area contributed by atoms with Crippen LogP contribution in [0.1, 0.15) is 58.8 Å². The summed E-state index contributed by atoms with van der Waals surface area (Å²) in [6, 6.07) is 0.231. The highest BCUT2D eigenvalue weighted by atomic mass is 16.5. The fourth-order valence-corrected chi connectivity index (χ4v) is 2.41. The molecule has 1 saturated carbocycles. The predicted octanol–water partition coefficient (Wildman–Crippen LogP) is 2.51. The quantitative estimate of drug-likeness (QED) is 0.541. The first-order valence-corrected chi connectivity index (χ1v) is 7.08. The van der Waals surface area contributed by atoms with Gasteiger partial charge < -0.3 is 9.64 Å². The molecule has 0 aromatic rings. The minimum atomic E-state index is -0.274. The van der Waals surface area contributed by atoms with E-state index in [9.17, 15) is 9.59 Å². The Kier molecular flexibility index (Phi) is 6.76. The minimum Gasteiger partial charge on any atom is -0.464 e. The maximum Gasteiger partial charge on any atom is 0.325 e. The Hall–Kier alpha value is -1.06. The molecule has 1 aliphatic rings. The van der Waals surface area contributed by atoms with Crippen molar-refractivity contribution in [3.63, 3.8) is 0 Å². The lowest BCUT2D eigenvalue weighted by Crippen LogP contribution is -2.43. The smallest absolute Gasteiger partial charge is 0.325 e. The summed E-state index contributed by atoms with van der Waals surface area (Å²) in [4.78, 5) is 25.0. The summed E-state index contributed by atoms with van der Waals surface area (Å²) < 4.78 is 5.12. The predicted molar refractivity (Wildman–Crippen MR) is 70.1 cm³/mol. The third kappa shape index (κ3) is 5.07. The first-order valence-electron chi connectivity index (χ1n) is 7.08. The first kappa shape index (κ1) is 15.0. The van der Waals surface area contributed by atoms with E-state index in [1.165, 1.54) is 13.3 Å². The molecular weight excluding hydrogens is 230 g/mol. The third-order valence-corrected chi connectivity index (χ3v) is 3.48. The van der Waals surface area contributed by atoms with Crippen LogP contribution in [0.4, 0.5) is 0 Å². The summed E-state index contributed by atoms with van der Waals surface area (Å²) in [5.74, 6) is -0.293. The zero-order valence-corrected chi connectivity index (χ0v) is 11.6. The lowest BCUT2D eigenvalue weighted by atomic mass is 9.94. The van der Waals surface area contributed by atoms with Crippen molar-refractivity contribution < 1.29 is 14.3 Å². The van der Waals surface area contributed by atoms with E-state index in [1.54, 1.807) is 4.90 Å². The zero-order valence-electron chi connectivity index (χ0n) is 11.6. The van der Waals surface area contributed by atoms with E-state index in [4.69, 9.17) is 4.74 Å². The number of unbranched alkanes of at least 4 members (excludes halogenated alkanes) is 1. The third-order valence-electron chi connectivity index (χ3n) is 3.48. The average Bonchev–Trinajstić information content (AvgIpc) is 2.37. The Morgan fingerprint density at radius 2 is 1.89 bits per heavy atom. The second-order valence-electron chi connectivity index (χ2n) is 5.01. The van der Waals surface area contributed by atoms with Gasteiger partial charge in [0.05, 0.1) is 6.61 Å². The summed E-state index contributed by atoms with van der Waals surface area (Å²) >= 11 is 0. The van der Waals surface area contributed by atoms with Crippen LogP contribution >= 0.6 is 0 Å². The fourth-order valence-electron chi connectivity index (χ4n) is 2.41. The largest absolute Gasteiger partial charge is 0.464 e. The van der Waals surface area contributed by atoms with Gasteiger partial charge in [-0.05, 0) is 19.3 Å². The lowest BCUT2D eigenvalue weighted by molar-refractivity contribution is -0.150. The molecular formula is C14H25NO3. The van der Waals surface area contributed by atoms with Gasteiger partial charge in [-0.15, -0.1) is 0 Å². The number of amides is 1. The monoisotopic (exact) mass is 255 g/mol. The van der Waals surface area contributed by atoms with Crippen LogP contribution in [-0.4, -0.2) is 36.0 Å². The second-order valence-corrected chi connectivity index (χ2v) is 5.01. The Labute approximate surface area is 110 Å². The van der Waals surface area contributed by atoms with Crippen LogP contribution in [0.25, 0.3) is 0 Å². The van der Waals surface area contributed by atoms with Gasteiger partial charge in [-0.1, -0.05) is 32.6 Å². The summed E-state index contributed by atoms with van der Waals surface area (Å²) in [5.41, 5.74) is 0. The molecule has 4 nitrogen and oxygen atoms in total. The molecule has 1 rings (SSSR count). The highest BCUT2D eigenvalue weighted by molar-refractivity contribution is 5.80. The van der Waals surface area contributed by atoms with Gasteiger partial charge in [0.2, 0.25) is 5.91 Å². The van der Waals surface area contributed by atoms with Crippen LogP contribution < -0.4 is 0 Å². The van der Waals surface area contributed by atoms with E-state index in [0.717, 1.165) is 38.5 Å². The van der Waals surface area contributed by atoms with Gasteiger partial charge in [-0.3, -0.25) is 9.59 Å². The number of hydrogen-bond donors (Lipinski definition) is 0. The molecule has 1 fully saturated rings. The van der Waals surface area contributed by atoms with Crippen molar-refractivity contribution in [2.75, 3.05) is 13.2 Å². The standard InChI is InChI=1S/C14H25NO3/c1-3-4-10-18-14(17)11-15(12(2)16)13-8-6-5-7-9-13/h13H,3-11H2,1-2H3. The molecule has 0 N–H and O–H groups in total. The number of ether oxygens (including phenoxy) is 1. The van der Waals surface area contributed by atoms with E-state index in [0.29, 0.717) is 6.61 Å². The molecule has 0 unspecified atom stereocenters. The summed E-state index contributed by atoms with van der Waals surface area (Å²) in [6.07, 6.45) is 7.47. The van der Waals surface area contributed by atoms with Gasteiger partial charge in [-0.2, -0.15) is 0 Å². The van der Waals surface area contributed by atoms with Crippen molar-refractivity contribution >= 4 is 11.9 Å². The number of esters is 1. The molecule has 0 saturated heterocycles. The van der Waals surface area contributed by atoms with E-state index in [2.05, 4.69) is 6.92 Å². The fraction of sp³-hybridized carbons (Fsp3) is 0.857. The van der Waals surface area contributed by atoms with Crippen LogP contribution in [0.2, 0.25) is 0 Å². The van der Waals surface area contributed by atoms with Gasteiger partial charge in [-0.25, -0.2) is 0 Å². The molecule has 18 heavy (non-hydrogen) atoms. The highest BCUT2D eigenvalue weighted by Crippen LogP contribution is 2.22. The van der Waals surface area contributed by atoms with E-state index >= 15 is 0 Å². The molecule has 0 radical (unpaired) electrons. The van der Waals surface area contributed by atoms with E-state index in [-0.39, 0.29) is 24.5 Å². The molecule has 0 bridgehead atoms. The molecule has 104 valence electrons. The summed E-state index contributed by atoms with van der Waals surface area (Å²) in [7, 11) is 0. The minimum absolute atomic E-state index is 0.0191. The van der Waals surface area contributed by atoms with Crippen molar-refractivity contribution in [1.82, 2.24) is 4.90 Å². The number of carbonyl (C=O) groups is 2. The Morgan fingerprint density at radius 3 is 2.44 bits per heavy atom. The molecule has 1 aliphatic carbocycles. The molecule has 0 spiro atoms. The lowest BCUT2D eigenvalue weighted by Gasteiger charge is -2.32. The van der Waals surface area contributed by atoms with Gasteiger partial charge in [0.1, 0.15) is 6.54 Å². The van der Waals surface area contributed by atoms with Crippen molar-refractivity contribution in [3.05, 3.63) is 0 Å². The normalized spacial score (nSPS) is 16.3. The van der Waals surface area contributed by atoms with Crippen LogP contribution in [-0.2, 0) is 14.3 Å².